The van der Waals surface area contributed by atoms with Crippen molar-refractivity contribution in [2.45, 2.75) is 51.6 Å². The first kappa shape index (κ1) is 12.1. The minimum Gasteiger partial charge on any atom is -0.314 e. The molecule has 2 rings (SSSR count). The lowest BCUT2D eigenvalue weighted by Crippen LogP contribution is -2.18. The number of hydrogen-bond donors (Lipinski definition) is 1. The lowest BCUT2D eigenvalue weighted by Gasteiger charge is -2.11. The second-order valence-corrected chi connectivity index (χ2v) is 5.66. The van der Waals surface area contributed by atoms with Crippen molar-refractivity contribution < 1.29 is 0 Å². The van der Waals surface area contributed by atoms with Crippen LogP contribution in [0.15, 0.2) is 10.7 Å². The Balaban J connectivity index is 1.83. The number of aromatic nitrogens is 2. The third-order valence-electron chi connectivity index (χ3n) is 2.94. The summed E-state index contributed by atoms with van der Waals surface area (Å²) in [6, 6.07) is 1.26. The lowest BCUT2D eigenvalue weighted by atomic mass is 10.2. The molecule has 1 fully saturated rings. The van der Waals surface area contributed by atoms with E-state index in [0.717, 1.165) is 23.5 Å². The van der Waals surface area contributed by atoms with Gasteiger partial charge in [-0.2, -0.15) is 5.10 Å². The third-order valence-corrected chi connectivity index (χ3v) is 3.60. The van der Waals surface area contributed by atoms with Crippen LogP contribution in [0.25, 0.3) is 0 Å². The van der Waals surface area contributed by atoms with Gasteiger partial charge in [-0.3, -0.25) is 4.68 Å². The Labute approximate surface area is 106 Å². The van der Waals surface area contributed by atoms with Crippen LogP contribution < -0.4 is 5.32 Å². The Kier molecular flexibility index (Phi) is 4.03. The maximum atomic E-state index is 4.39. The van der Waals surface area contributed by atoms with Crippen LogP contribution in [-0.4, -0.2) is 22.4 Å². The van der Waals surface area contributed by atoms with Gasteiger partial charge in [0.25, 0.3) is 0 Å². The summed E-state index contributed by atoms with van der Waals surface area (Å²) in [6.45, 7) is 5.47. The maximum Gasteiger partial charge on any atom is 0.0635 e. The minimum absolute atomic E-state index is 0.442. The summed E-state index contributed by atoms with van der Waals surface area (Å²) in [5, 5.41) is 7.93. The van der Waals surface area contributed by atoms with Gasteiger partial charge in [-0.1, -0.05) is 0 Å². The third kappa shape index (κ3) is 3.08. The SMILES string of the molecule is CC(C)n1ncc(Br)c1CCCNC1CC1. The van der Waals surface area contributed by atoms with Gasteiger partial charge in [0.1, 0.15) is 0 Å². The van der Waals surface area contributed by atoms with Gasteiger partial charge in [-0.05, 0) is 62.0 Å². The molecule has 0 saturated heterocycles. The van der Waals surface area contributed by atoms with Gasteiger partial charge >= 0.3 is 0 Å². The van der Waals surface area contributed by atoms with Crippen molar-refractivity contribution in [3.05, 3.63) is 16.4 Å². The zero-order chi connectivity index (χ0) is 11.5. The fourth-order valence-corrected chi connectivity index (χ4v) is 2.37. The summed E-state index contributed by atoms with van der Waals surface area (Å²) in [6.07, 6.45) is 6.93. The van der Waals surface area contributed by atoms with E-state index in [9.17, 15) is 0 Å². The standard InChI is InChI=1S/C12H20BrN3/c1-9(2)16-12(11(13)8-15-16)4-3-7-14-10-5-6-10/h8-10,14H,3-7H2,1-2H3. The van der Waals surface area contributed by atoms with Crippen LogP contribution in [0.3, 0.4) is 0 Å². The van der Waals surface area contributed by atoms with Crippen molar-refractivity contribution >= 4 is 15.9 Å². The average molecular weight is 286 g/mol. The number of nitrogens with zero attached hydrogens (tertiary/aromatic N) is 2. The number of halogens is 1. The van der Waals surface area contributed by atoms with E-state index in [2.05, 4.69) is 44.9 Å². The van der Waals surface area contributed by atoms with E-state index < -0.39 is 0 Å². The summed E-state index contributed by atoms with van der Waals surface area (Å²) in [4.78, 5) is 0. The van der Waals surface area contributed by atoms with E-state index in [-0.39, 0.29) is 0 Å². The van der Waals surface area contributed by atoms with Crippen LogP contribution >= 0.6 is 15.9 Å². The van der Waals surface area contributed by atoms with Crippen molar-refractivity contribution in [3.8, 4) is 0 Å². The normalized spacial score (nSPS) is 16.0. The number of hydrogen-bond acceptors (Lipinski definition) is 2. The Bertz CT molecular complexity index is 342. The Morgan fingerprint density at radius 3 is 2.94 bits per heavy atom. The van der Waals surface area contributed by atoms with E-state index in [1.54, 1.807) is 0 Å². The van der Waals surface area contributed by atoms with Gasteiger partial charge in [0.2, 0.25) is 0 Å². The Hall–Kier alpha value is -0.350. The van der Waals surface area contributed by atoms with Crippen molar-refractivity contribution in [3.63, 3.8) is 0 Å². The highest BCUT2D eigenvalue weighted by Crippen LogP contribution is 2.21. The maximum absolute atomic E-state index is 4.39. The molecule has 0 unspecified atom stereocenters. The van der Waals surface area contributed by atoms with Gasteiger partial charge in [0.15, 0.2) is 0 Å². The number of rotatable bonds is 6. The lowest BCUT2D eigenvalue weighted by molar-refractivity contribution is 0.501. The van der Waals surface area contributed by atoms with Crippen LogP contribution in [0.1, 0.15) is 44.8 Å². The molecule has 3 nitrogen and oxygen atoms in total. The molecule has 0 spiro atoms. The Morgan fingerprint density at radius 2 is 2.31 bits per heavy atom. The van der Waals surface area contributed by atoms with E-state index in [0.29, 0.717) is 6.04 Å². The van der Waals surface area contributed by atoms with Crippen molar-refractivity contribution in [1.82, 2.24) is 15.1 Å². The monoisotopic (exact) mass is 285 g/mol. The molecule has 0 amide bonds. The molecule has 0 radical (unpaired) electrons. The fourth-order valence-electron chi connectivity index (χ4n) is 1.89. The van der Waals surface area contributed by atoms with Crippen molar-refractivity contribution in [2.24, 2.45) is 0 Å². The van der Waals surface area contributed by atoms with Gasteiger partial charge in [0.05, 0.1) is 16.4 Å². The van der Waals surface area contributed by atoms with E-state index >= 15 is 0 Å². The van der Waals surface area contributed by atoms with Crippen LogP contribution in [0.2, 0.25) is 0 Å². The molecule has 16 heavy (non-hydrogen) atoms. The summed E-state index contributed by atoms with van der Waals surface area (Å²) >= 11 is 3.58. The van der Waals surface area contributed by atoms with E-state index in [4.69, 9.17) is 0 Å². The summed E-state index contributed by atoms with van der Waals surface area (Å²) in [5.41, 5.74) is 1.33. The second kappa shape index (κ2) is 5.32. The molecule has 1 aliphatic rings. The predicted molar refractivity (Wildman–Crippen MR) is 69.7 cm³/mol. The molecule has 1 aliphatic carbocycles. The zero-order valence-electron chi connectivity index (χ0n) is 10.0. The van der Waals surface area contributed by atoms with Gasteiger partial charge in [-0.25, -0.2) is 0 Å². The molecule has 1 heterocycles. The summed E-state index contributed by atoms with van der Waals surface area (Å²) in [7, 11) is 0. The molecule has 1 saturated carbocycles. The molecule has 0 bridgehead atoms. The van der Waals surface area contributed by atoms with Crippen molar-refractivity contribution in [2.75, 3.05) is 6.54 Å². The Morgan fingerprint density at radius 1 is 1.56 bits per heavy atom. The fraction of sp³-hybridized carbons (Fsp3) is 0.750. The highest BCUT2D eigenvalue weighted by Gasteiger charge is 2.19. The quantitative estimate of drug-likeness (QED) is 0.815. The molecule has 4 heteroatoms. The first-order valence-electron chi connectivity index (χ1n) is 6.13. The van der Waals surface area contributed by atoms with Crippen LogP contribution in [0.4, 0.5) is 0 Å². The van der Waals surface area contributed by atoms with Crippen LogP contribution in [0.5, 0.6) is 0 Å². The molecule has 0 aliphatic heterocycles. The highest BCUT2D eigenvalue weighted by molar-refractivity contribution is 9.10. The zero-order valence-corrected chi connectivity index (χ0v) is 11.6. The van der Waals surface area contributed by atoms with Crippen LogP contribution in [0, 0.1) is 0 Å². The smallest absolute Gasteiger partial charge is 0.0635 e. The molecule has 1 aromatic rings. The molecule has 1 aromatic heterocycles. The molecule has 1 N–H and O–H groups in total. The molecular weight excluding hydrogens is 266 g/mol. The van der Waals surface area contributed by atoms with Gasteiger partial charge < -0.3 is 5.32 Å². The molecule has 90 valence electrons. The van der Waals surface area contributed by atoms with Crippen LogP contribution in [-0.2, 0) is 6.42 Å². The van der Waals surface area contributed by atoms with E-state index in [1.807, 2.05) is 6.20 Å². The topological polar surface area (TPSA) is 29.9 Å². The molecular formula is C12H20BrN3. The first-order chi connectivity index (χ1) is 7.68. The number of nitrogens with one attached hydrogen (secondary N) is 1. The van der Waals surface area contributed by atoms with E-state index in [1.165, 1.54) is 25.0 Å². The van der Waals surface area contributed by atoms with Crippen molar-refractivity contribution in [1.29, 1.82) is 0 Å². The second-order valence-electron chi connectivity index (χ2n) is 4.81. The van der Waals surface area contributed by atoms with Gasteiger partial charge in [0, 0.05) is 12.1 Å². The highest BCUT2D eigenvalue weighted by atomic mass is 79.9. The molecule has 0 aromatic carbocycles. The largest absolute Gasteiger partial charge is 0.314 e. The van der Waals surface area contributed by atoms with Gasteiger partial charge in [-0.15, -0.1) is 0 Å². The molecule has 0 atom stereocenters. The summed E-state index contributed by atoms with van der Waals surface area (Å²) in [5.74, 6) is 0. The summed E-state index contributed by atoms with van der Waals surface area (Å²) < 4.78 is 3.26. The first-order valence-corrected chi connectivity index (χ1v) is 6.93. The minimum atomic E-state index is 0.442. The average Bonchev–Trinajstić information content (AvgIpc) is 2.98. The predicted octanol–water partition coefficient (Wildman–Crippen LogP) is 2.91.